The highest BCUT2D eigenvalue weighted by molar-refractivity contribution is 5.42. The lowest BCUT2D eigenvalue weighted by atomic mass is 10.0. The van der Waals surface area contributed by atoms with E-state index < -0.39 is 0 Å². The fraction of sp³-hybridized carbons (Fsp3) is 0.750. The van der Waals surface area contributed by atoms with Crippen LogP contribution in [0, 0.1) is 0 Å². The van der Waals surface area contributed by atoms with E-state index in [9.17, 15) is 0 Å². The first kappa shape index (κ1) is 13.8. The molecule has 1 N–H and O–H groups in total. The molecule has 0 amide bonds. The quantitative estimate of drug-likeness (QED) is 0.865. The lowest BCUT2D eigenvalue weighted by Crippen LogP contribution is -2.44. The van der Waals surface area contributed by atoms with Crippen LogP contribution in [0.2, 0.25) is 0 Å². The van der Waals surface area contributed by atoms with E-state index in [0.29, 0.717) is 12.1 Å². The Balaban J connectivity index is 1.70. The molecular formula is C16H26N4. The predicted molar refractivity (Wildman–Crippen MR) is 82.0 cm³/mol. The molecule has 1 saturated carbocycles. The summed E-state index contributed by atoms with van der Waals surface area (Å²) in [5.41, 5.74) is 1.18. The first-order valence-electron chi connectivity index (χ1n) is 8.17. The summed E-state index contributed by atoms with van der Waals surface area (Å²) in [7, 11) is 0. The van der Waals surface area contributed by atoms with E-state index in [1.807, 2.05) is 0 Å². The maximum atomic E-state index is 4.54. The van der Waals surface area contributed by atoms with Crippen molar-refractivity contribution in [1.29, 1.82) is 0 Å². The van der Waals surface area contributed by atoms with Gasteiger partial charge in [-0.2, -0.15) is 0 Å². The zero-order chi connectivity index (χ0) is 13.8. The van der Waals surface area contributed by atoms with Gasteiger partial charge in [-0.15, -0.1) is 0 Å². The van der Waals surface area contributed by atoms with Gasteiger partial charge in [-0.1, -0.05) is 19.8 Å². The highest BCUT2D eigenvalue weighted by atomic mass is 15.3. The van der Waals surface area contributed by atoms with E-state index in [4.69, 9.17) is 0 Å². The van der Waals surface area contributed by atoms with E-state index in [0.717, 1.165) is 25.2 Å². The number of nitrogens with zero attached hydrogens (tertiary/aromatic N) is 3. The van der Waals surface area contributed by atoms with E-state index in [2.05, 4.69) is 33.2 Å². The van der Waals surface area contributed by atoms with Crippen molar-refractivity contribution in [2.45, 2.75) is 64.0 Å². The maximum absolute atomic E-state index is 4.54. The minimum Gasteiger partial charge on any atom is -0.352 e. The number of hydrogen-bond acceptors (Lipinski definition) is 4. The Morgan fingerprint density at radius 3 is 2.85 bits per heavy atom. The minimum absolute atomic E-state index is 0.633. The Labute approximate surface area is 122 Å². The van der Waals surface area contributed by atoms with Gasteiger partial charge in [0.25, 0.3) is 0 Å². The van der Waals surface area contributed by atoms with Crippen molar-refractivity contribution < 1.29 is 0 Å². The molecule has 0 spiro atoms. The molecule has 2 fully saturated rings. The maximum Gasteiger partial charge on any atom is 0.132 e. The lowest BCUT2D eigenvalue weighted by Gasteiger charge is -2.31. The Bertz CT molecular complexity index is 424. The molecule has 1 unspecified atom stereocenters. The largest absolute Gasteiger partial charge is 0.352 e. The molecular weight excluding hydrogens is 248 g/mol. The molecule has 4 nitrogen and oxygen atoms in total. The molecule has 110 valence electrons. The monoisotopic (exact) mass is 274 g/mol. The van der Waals surface area contributed by atoms with Gasteiger partial charge in [0, 0.05) is 30.4 Å². The lowest BCUT2D eigenvalue weighted by molar-refractivity contribution is 0.397. The predicted octanol–water partition coefficient (Wildman–Crippen LogP) is 2.54. The summed E-state index contributed by atoms with van der Waals surface area (Å²) in [6, 6.07) is 3.54. The van der Waals surface area contributed by atoms with Crippen molar-refractivity contribution in [3.05, 3.63) is 18.1 Å². The van der Waals surface area contributed by atoms with Crippen LogP contribution in [0.4, 0.5) is 5.82 Å². The zero-order valence-corrected chi connectivity index (χ0v) is 12.5. The number of anilines is 1. The third kappa shape index (κ3) is 3.48. The van der Waals surface area contributed by atoms with Crippen LogP contribution in [0.5, 0.6) is 0 Å². The van der Waals surface area contributed by atoms with Crippen molar-refractivity contribution in [3.8, 4) is 0 Å². The standard InChI is InChI=1S/C16H26N4/c1-2-5-13-10-16(19-12-18-13)20(15-7-8-15)11-14-6-3-4-9-17-14/h10,12,14-15,17H,2-9,11H2,1H3. The molecule has 1 atom stereocenters. The fourth-order valence-electron chi connectivity index (χ4n) is 3.07. The highest BCUT2D eigenvalue weighted by Gasteiger charge is 2.32. The molecule has 4 heteroatoms. The zero-order valence-electron chi connectivity index (χ0n) is 12.5. The number of hydrogen-bond donors (Lipinski definition) is 1. The summed E-state index contributed by atoms with van der Waals surface area (Å²) in [5, 5.41) is 3.66. The molecule has 2 heterocycles. The van der Waals surface area contributed by atoms with Gasteiger partial charge in [0.05, 0.1) is 0 Å². The SMILES string of the molecule is CCCc1cc(N(CC2CCCCN2)C2CC2)ncn1. The second-order valence-corrected chi connectivity index (χ2v) is 6.15. The van der Waals surface area contributed by atoms with Gasteiger partial charge < -0.3 is 10.2 Å². The van der Waals surface area contributed by atoms with E-state index in [1.165, 1.54) is 44.3 Å². The summed E-state index contributed by atoms with van der Waals surface area (Å²) >= 11 is 0. The van der Waals surface area contributed by atoms with Crippen LogP contribution in [-0.2, 0) is 6.42 Å². The van der Waals surface area contributed by atoms with Crippen LogP contribution in [-0.4, -0.2) is 35.1 Å². The summed E-state index contributed by atoms with van der Waals surface area (Å²) in [4.78, 5) is 11.4. The van der Waals surface area contributed by atoms with Crippen LogP contribution in [0.1, 0.15) is 51.1 Å². The number of piperidine rings is 1. The third-order valence-electron chi connectivity index (χ3n) is 4.33. The Kier molecular flexibility index (Phi) is 4.51. The van der Waals surface area contributed by atoms with Crippen LogP contribution in [0.25, 0.3) is 0 Å². The molecule has 1 aromatic heterocycles. The van der Waals surface area contributed by atoms with Crippen LogP contribution < -0.4 is 10.2 Å². The number of aryl methyl sites for hydroxylation is 1. The molecule has 20 heavy (non-hydrogen) atoms. The first-order valence-corrected chi connectivity index (χ1v) is 8.17. The van der Waals surface area contributed by atoms with Crippen molar-refractivity contribution in [2.75, 3.05) is 18.0 Å². The summed E-state index contributed by atoms with van der Waals surface area (Å²) in [6.45, 7) is 4.48. The fourth-order valence-corrected chi connectivity index (χ4v) is 3.07. The number of rotatable bonds is 6. The Morgan fingerprint density at radius 2 is 2.15 bits per heavy atom. The average molecular weight is 274 g/mol. The molecule has 1 aliphatic carbocycles. The summed E-state index contributed by atoms with van der Waals surface area (Å²) in [5.74, 6) is 1.14. The molecule has 1 saturated heterocycles. The van der Waals surface area contributed by atoms with Gasteiger partial charge in [0.15, 0.2) is 0 Å². The molecule has 0 bridgehead atoms. The van der Waals surface area contributed by atoms with Crippen molar-refractivity contribution in [1.82, 2.24) is 15.3 Å². The van der Waals surface area contributed by atoms with Crippen LogP contribution in [0.3, 0.4) is 0 Å². The van der Waals surface area contributed by atoms with Gasteiger partial charge in [-0.05, 0) is 38.6 Å². The van der Waals surface area contributed by atoms with Crippen molar-refractivity contribution in [2.24, 2.45) is 0 Å². The third-order valence-corrected chi connectivity index (χ3v) is 4.33. The molecule has 3 rings (SSSR count). The molecule has 0 aromatic carbocycles. The average Bonchev–Trinajstić information content (AvgIpc) is 3.31. The second-order valence-electron chi connectivity index (χ2n) is 6.15. The number of nitrogens with one attached hydrogen (secondary N) is 1. The number of aromatic nitrogens is 2. The minimum atomic E-state index is 0.633. The second kappa shape index (κ2) is 6.53. The van der Waals surface area contributed by atoms with E-state index in [-0.39, 0.29) is 0 Å². The topological polar surface area (TPSA) is 41.0 Å². The summed E-state index contributed by atoms with van der Waals surface area (Å²) < 4.78 is 0. The smallest absolute Gasteiger partial charge is 0.132 e. The van der Waals surface area contributed by atoms with Gasteiger partial charge in [0.2, 0.25) is 0 Å². The van der Waals surface area contributed by atoms with Crippen molar-refractivity contribution >= 4 is 5.82 Å². The molecule has 0 radical (unpaired) electrons. The van der Waals surface area contributed by atoms with Gasteiger partial charge in [0.1, 0.15) is 12.1 Å². The van der Waals surface area contributed by atoms with Gasteiger partial charge in [-0.3, -0.25) is 0 Å². The van der Waals surface area contributed by atoms with Crippen LogP contribution in [0.15, 0.2) is 12.4 Å². The summed E-state index contributed by atoms with van der Waals surface area (Å²) in [6.07, 6.45) is 10.6. The Hall–Kier alpha value is -1.16. The highest BCUT2D eigenvalue weighted by Crippen LogP contribution is 2.31. The normalized spacial score (nSPS) is 22.8. The van der Waals surface area contributed by atoms with Gasteiger partial charge in [-0.25, -0.2) is 9.97 Å². The first-order chi connectivity index (χ1) is 9.86. The van der Waals surface area contributed by atoms with Crippen LogP contribution >= 0.6 is 0 Å². The Morgan fingerprint density at radius 1 is 1.25 bits per heavy atom. The molecule has 2 aliphatic rings. The molecule has 1 aliphatic heterocycles. The van der Waals surface area contributed by atoms with E-state index in [1.54, 1.807) is 6.33 Å². The van der Waals surface area contributed by atoms with Crippen molar-refractivity contribution in [3.63, 3.8) is 0 Å². The molecule has 1 aromatic rings. The van der Waals surface area contributed by atoms with E-state index >= 15 is 0 Å². The van der Waals surface area contributed by atoms with Gasteiger partial charge >= 0.3 is 0 Å².